The smallest absolute Gasteiger partial charge is 0.0699 e. The van der Waals surface area contributed by atoms with Gasteiger partial charge in [-0.15, -0.1) is 0 Å². The first kappa shape index (κ1) is 12.0. The molecule has 0 radical (unpaired) electrons. The summed E-state index contributed by atoms with van der Waals surface area (Å²) >= 11 is 0. The molecule has 3 fully saturated rings. The Kier molecular flexibility index (Phi) is 2.30. The Balaban J connectivity index is 2.07. The van der Waals surface area contributed by atoms with Gasteiger partial charge in [-0.3, -0.25) is 0 Å². The van der Waals surface area contributed by atoms with Crippen LogP contribution in [-0.4, -0.2) is 22.4 Å². The van der Waals surface area contributed by atoms with E-state index in [0.29, 0.717) is 11.8 Å². The highest BCUT2D eigenvalue weighted by Crippen LogP contribution is 2.64. The number of ether oxygens (including phenoxy) is 1. The molecule has 0 amide bonds. The Morgan fingerprint density at radius 3 is 2.47 bits per heavy atom. The number of hydrogen-bond acceptors (Lipinski definition) is 2. The van der Waals surface area contributed by atoms with Crippen molar-refractivity contribution in [3.05, 3.63) is 0 Å². The van der Waals surface area contributed by atoms with Crippen molar-refractivity contribution in [3.8, 4) is 0 Å². The van der Waals surface area contributed by atoms with Gasteiger partial charge in [0, 0.05) is 5.92 Å². The monoisotopic (exact) mass is 238 g/mol. The molecule has 0 aromatic heterocycles. The second-order valence-electron chi connectivity index (χ2n) is 7.55. The summed E-state index contributed by atoms with van der Waals surface area (Å²) in [5, 5.41) is 10.5. The average molecular weight is 238 g/mol. The van der Waals surface area contributed by atoms with Crippen LogP contribution >= 0.6 is 0 Å². The third kappa shape index (κ3) is 1.40. The maximum absolute atomic E-state index is 10.5. The van der Waals surface area contributed by atoms with E-state index < -0.39 is 0 Å². The molecule has 1 saturated heterocycles. The van der Waals surface area contributed by atoms with Gasteiger partial charge < -0.3 is 9.84 Å². The fraction of sp³-hybridized carbons (Fsp3) is 1.00. The highest BCUT2D eigenvalue weighted by Gasteiger charge is 2.66. The maximum Gasteiger partial charge on any atom is 0.0699 e. The van der Waals surface area contributed by atoms with E-state index in [2.05, 4.69) is 27.7 Å². The molecule has 0 bridgehead atoms. The first-order valence-corrected chi connectivity index (χ1v) is 7.18. The lowest BCUT2D eigenvalue weighted by atomic mass is 9.50. The van der Waals surface area contributed by atoms with Crippen molar-refractivity contribution < 1.29 is 9.84 Å². The normalized spacial score (nSPS) is 56.6. The van der Waals surface area contributed by atoms with Crippen LogP contribution in [0, 0.1) is 17.3 Å². The number of rotatable bonds is 0. The van der Waals surface area contributed by atoms with Crippen LogP contribution in [0.4, 0.5) is 0 Å². The molecule has 1 N–H and O–H groups in total. The summed E-state index contributed by atoms with van der Waals surface area (Å²) in [4.78, 5) is 0. The van der Waals surface area contributed by atoms with Gasteiger partial charge in [0.05, 0.1) is 17.3 Å². The topological polar surface area (TPSA) is 29.5 Å². The zero-order valence-electron chi connectivity index (χ0n) is 11.6. The van der Waals surface area contributed by atoms with Crippen LogP contribution in [0.3, 0.4) is 0 Å². The van der Waals surface area contributed by atoms with E-state index in [-0.39, 0.29) is 22.7 Å². The largest absolute Gasteiger partial charge is 0.393 e. The standard InChI is InChI=1S/C15H26O2/c1-13(2)10-6-7-11(16)14(3)8-5-9-15(4,17-13)12(10)14/h10-12,16H,5-9H2,1-4H3/t10-,11-,12+,14+,15+/m0/s1. The fourth-order valence-electron chi connectivity index (χ4n) is 5.46. The van der Waals surface area contributed by atoms with Crippen molar-refractivity contribution >= 4 is 0 Å². The van der Waals surface area contributed by atoms with Gasteiger partial charge >= 0.3 is 0 Å². The van der Waals surface area contributed by atoms with E-state index in [0.717, 1.165) is 12.8 Å². The van der Waals surface area contributed by atoms with Crippen LogP contribution in [0.2, 0.25) is 0 Å². The van der Waals surface area contributed by atoms with E-state index in [4.69, 9.17) is 4.74 Å². The molecule has 98 valence electrons. The number of aliphatic hydroxyl groups excluding tert-OH is 1. The van der Waals surface area contributed by atoms with Gasteiger partial charge in [0.1, 0.15) is 0 Å². The minimum absolute atomic E-state index is 0.00255. The lowest BCUT2D eigenvalue weighted by Gasteiger charge is -2.54. The summed E-state index contributed by atoms with van der Waals surface area (Å²) in [6, 6.07) is 0. The highest BCUT2D eigenvalue weighted by atomic mass is 16.5. The Bertz CT molecular complexity index is 338. The Morgan fingerprint density at radius 1 is 1.06 bits per heavy atom. The molecular formula is C15H26O2. The van der Waals surface area contributed by atoms with Gasteiger partial charge in [0.25, 0.3) is 0 Å². The summed E-state index contributed by atoms with van der Waals surface area (Å²) in [6.45, 7) is 9.09. The van der Waals surface area contributed by atoms with Crippen molar-refractivity contribution in [2.45, 2.75) is 77.1 Å². The molecular weight excluding hydrogens is 212 g/mol. The molecule has 5 atom stereocenters. The van der Waals surface area contributed by atoms with Crippen molar-refractivity contribution in [1.29, 1.82) is 0 Å². The molecule has 3 aliphatic rings. The predicted molar refractivity (Wildman–Crippen MR) is 67.7 cm³/mol. The Hall–Kier alpha value is -0.0800. The van der Waals surface area contributed by atoms with Crippen molar-refractivity contribution in [2.75, 3.05) is 0 Å². The van der Waals surface area contributed by atoms with Gasteiger partial charge in [-0.25, -0.2) is 0 Å². The molecule has 0 spiro atoms. The lowest BCUT2D eigenvalue weighted by molar-refractivity contribution is -0.147. The first-order chi connectivity index (χ1) is 7.80. The van der Waals surface area contributed by atoms with Crippen molar-refractivity contribution in [2.24, 2.45) is 17.3 Å². The third-order valence-electron chi connectivity index (χ3n) is 6.06. The summed E-state index contributed by atoms with van der Waals surface area (Å²) in [5.74, 6) is 1.17. The molecule has 2 saturated carbocycles. The van der Waals surface area contributed by atoms with Gasteiger partial charge in [-0.2, -0.15) is 0 Å². The van der Waals surface area contributed by atoms with E-state index in [1.165, 1.54) is 19.3 Å². The van der Waals surface area contributed by atoms with E-state index in [9.17, 15) is 5.11 Å². The van der Waals surface area contributed by atoms with Crippen LogP contribution in [-0.2, 0) is 4.74 Å². The third-order valence-corrected chi connectivity index (χ3v) is 6.06. The SMILES string of the molecule is CC1(C)O[C@]2(C)CCC[C@@]3(C)[C@H]2[C@@H]1CC[C@@H]3O. The van der Waals surface area contributed by atoms with Crippen LogP contribution in [0.1, 0.15) is 59.8 Å². The van der Waals surface area contributed by atoms with Gasteiger partial charge in [-0.1, -0.05) is 6.92 Å². The van der Waals surface area contributed by atoms with Crippen LogP contribution in [0.25, 0.3) is 0 Å². The zero-order valence-corrected chi connectivity index (χ0v) is 11.6. The summed E-state index contributed by atoms with van der Waals surface area (Å²) in [5.41, 5.74) is 0.0808. The van der Waals surface area contributed by atoms with E-state index >= 15 is 0 Å². The molecule has 2 heteroatoms. The minimum Gasteiger partial charge on any atom is -0.393 e. The predicted octanol–water partition coefficient (Wildman–Crippen LogP) is 3.13. The summed E-state index contributed by atoms with van der Waals surface area (Å²) in [7, 11) is 0. The molecule has 17 heavy (non-hydrogen) atoms. The molecule has 0 aromatic carbocycles. The first-order valence-electron chi connectivity index (χ1n) is 7.18. The Labute approximate surface area is 105 Å². The molecule has 1 heterocycles. The Morgan fingerprint density at radius 2 is 1.76 bits per heavy atom. The quantitative estimate of drug-likeness (QED) is 0.702. The number of aliphatic hydroxyl groups is 1. The van der Waals surface area contributed by atoms with Crippen LogP contribution in [0.5, 0.6) is 0 Å². The molecule has 0 unspecified atom stereocenters. The highest BCUT2D eigenvalue weighted by molar-refractivity contribution is 5.14. The number of hydrogen-bond donors (Lipinski definition) is 1. The zero-order chi connectivity index (χ0) is 12.5. The van der Waals surface area contributed by atoms with Crippen LogP contribution in [0.15, 0.2) is 0 Å². The molecule has 3 rings (SSSR count). The summed E-state index contributed by atoms with van der Waals surface area (Å²) in [6.07, 6.45) is 5.50. The second kappa shape index (κ2) is 3.27. The molecule has 1 aliphatic heterocycles. The van der Waals surface area contributed by atoms with Crippen LogP contribution < -0.4 is 0 Å². The second-order valence-corrected chi connectivity index (χ2v) is 7.55. The maximum atomic E-state index is 10.5. The van der Waals surface area contributed by atoms with Crippen molar-refractivity contribution in [1.82, 2.24) is 0 Å². The fourth-order valence-corrected chi connectivity index (χ4v) is 5.46. The van der Waals surface area contributed by atoms with E-state index in [1.807, 2.05) is 0 Å². The average Bonchev–Trinajstić information content (AvgIpc) is 2.40. The van der Waals surface area contributed by atoms with Crippen molar-refractivity contribution in [3.63, 3.8) is 0 Å². The lowest BCUT2D eigenvalue weighted by Crippen LogP contribution is -2.55. The van der Waals surface area contributed by atoms with Gasteiger partial charge in [-0.05, 0) is 64.2 Å². The molecule has 0 aromatic rings. The van der Waals surface area contributed by atoms with Gasteiger partial charge in [0.15, 0.2) is 0 Å². The van der Waals surface area contributed by atoms with E-state index in [1.54, 1.807) is 0 Å². The summed E-state index contributed by atoms with van der Waals surface area (Å²) < 4.78 is 6.46. The minimum atomic E-state index is -0.124. The van der Waals surface area contributed by atoms with Gasteiger partial charge in [0.2, 0.25) is 0 Å². The molecule has 2 aliphatic carbocycles. The molecule has 2 nitrogen and oxygen atoms in total.